The fourth-order valence-corrected chi connectivity index (χ4v) is 11.1. The van der Waals surface area contributed by atoms with Crippen molar-refractivity contribution in [3.63, 3.8) is 0 Å². The van der Waals surface area contributed by atoms with E-state index in [4.69, 9.17) is 18.5 Å². The van der Waals surface area contributed by atoms with Gasteiger partial charge in [-0.2, -0.15) is 0 Å². The summed E-state index contributed by atoms with van der Waals surface area (Å²) >= 11 is 0. The molecule has 0 saturated heterocycles. The molecule has 0 aliphatic rings. The second-order valence-corrected chi connectivity index (χ2v) is 26.6. The summed E-state index contributed by atoms with van der Waals surface area (Å²) in [4.78, 5) is 38.1. The molecule has 0 radical (unpaired) electrons. The second kappa shape index (κ2) is 64.2. The Morgan fingerprint density at radius 2 is 0.687 bits per heavy atom. The van der Waals surface area contributed by atoms with Gasteiger partial charge in [0.1, 0.15) is 19.8 Å². The number of carbonyl (C=O) groups is 2. The number of esters is 2. The van der Waals surface area contributed by atoms with Gasteiger partial charge in [0.05, 0.1) is 27.7 Å². The van der Waals surface area contributed by atoms with Gasteiger partial charge in [-0.05, 0) is 57.8 Å². The van der Waals surface area contributed by atoms with Crippen molar-refractivity contribution in [1.82, 2.24) is 0 Å². The lowest BCUT2D eigenvalue weighted by atomic mass is 10.0. The van der Waals surface area contributed by atoms with Crippen LogP contribution in [0.1, 0.15) is 341 Å². The van der Waals surface area contributed by atoms with Crippen LogP contribution in [0.3, 0.4) is 0 Å². The van der Waals surface area contributed by atoms with E-state index in [1.807, 2.05) is 21.1 Å². The van der Waals surface area contributed by atoms with Gasteiger partial charge in [0.15, 0.2) is 6.10 Å². The fraction of sp³-hybridized carbons (Fsp3) is 0.836. The van der Waals surface area contributed by atoms with Crippen LogP contribution in [0.15, 0.2) is 60.8 Å². The highest BCUT2D eigenvalue weighted by atomic mass is 31.2. The maximum absolute atomic E-state index is 12.9. The average molecular weight is 1190 g/mol. The number of ether oxygens (including phenoxy) is 2. The minimum atomic E-state index is -4.64. The Morgan fingerprint density at radius 3 is 1.02 bits per heavy atom. The number of allylic oxidation sites excluding steroid dienone is 10. The van der Waals surface area contributed by atoms with E-state index in [1.165, 1.54) is 231 Å². The van der Waals surface area contributed by atoms with Crippen molar-refractivity contribution in [2.75, 3.05) is 47.5 Å². The van der Waals surface area contributed by atoms with Crippen LogP contribution in [0, 0.1) is 0 Å². The molecule has 0 heterocycles. The zero-order chi connectivity index (χ0) is 60.5. The first-order chi connectivity index (χ1) is 40.5. The summed E-state index contributed by atoms with van der Waals surface area (Å²) in [6.45, 7) is 4.17. The number of phosphoric ester groups is 1. The highest BCUT2D eigenvalue weighted by Gasteiger charge is 2.22. The Hall–Kier alpha value is -2.29. The predicted molar refractivity (Wildman–Crippen MR) is 356 cm³/mol. The third kappa shape index (κ3) is 68.7. The SMILES string of the molecule is CC/C=C\C/C=C\C/C=C\C/C=C\C/C=C\CCCCCCCCCCCC(=O)OC(COC(=O)CCCCCCCCCCCCCCCCCCCCCCCCCCCCCCCCCCCC)COP(=O)([O-])OCC[N+](C)(C)C. The number of carbonyl (C=O) groups excluding carboxylic acids is 2. The third-order valence-electron chi connectivity index (χ3n) is 15.8. The number of rotatable bonds is 66. The van der Waals surface area contributed by atoms with E-state index in [9.17, 15) is 19.0 Å². The number of hydrogen-bond donors (Lipinski definition) is 0. The zero-order valence-electron chi connectivity index (χ0n) is 55.4. The molecule has 0 rings (SSSR count). The number of hydrogen-bond acceptors (Lipinski definition) is 8. The van der Waals surface area contributed by atoms with E-state index in [0.29, 0.717) is 17.4 Å². The largest absolute Gasteiger partial charge is 0.756 e. The molecular weight excluding hydrogens is 1050 g/mol. The molecule has 83 heavy (non-hydrogen) atoms. The first-order valence-corrected chi connectivity index (χ1v) is 37.0. The van der Waals surface area contributed by atoms with Crippen LogP contribution in [0.5, 0.6) is 0 Å². The van der Waals surface area contributed by atoms with Crippen molar-refractivity contribution in [2.45, 2.75) is 347 Å². The van der Waals surface area contributed by atoms with Crippen molar-refractivity contribution >= 4 is 19.8 Å². The molecule has 0 aromatic rings. The molecule has 10 heteroatoms. The number of unbranched alkanes of at least 4 members (excludes halogenated alkanes) is 42. The molecule has 486 valence electrons. The second-order valence-electron chi connectivity index (χ2n) is 25.2. The van der Waals surface area contributed by atoms with E-state index >= 15 is 0 Å². The van der Waals surface area contributed by atoms with E-state index in [0.717, 1.165) is 77.0 Å². The average Bonchev–Trinajstić information content (AvgIpc) is 3.48. The Morgan fingerprint density at radius 1 is 0.386 bits per heavy atom. The van der Waals surface area contributed by atoms with Crippen LogP contribution in [-0.2, 0) is 32.7 Å². The number of likely N-dealkylation sites (N-methyl/N-ethyl adjacent to an activating group) is 1. The summed E-state index contributed by atoms with van der Waals surface area (Å²) < 4.78 is 34.3. The highest BCUT2D eigenvalue weighted by molar-refractivity contribution is 7.45. The molecule has 0 N–H and O–H groups in total. The molecule has 2 atom stereocenters. The lowest BCUT2D eigenvalue weighted by Gasteiger charge is -2.28. The molecule has 0 aromatic carbocycles. The molecule has 0 amide bonds. The van der Waals surface area contributed by atoms with Crippen molar-refractivity contribution < 1.29 is 42.1 Å². The summed E-state index contributed by atoms with van der Waals surface area (Å²) in [5, 5.41) is 0. The maximum Gasteiger partial charge on any atom is 0.306 e. The molecule has 0 spiro atoms. The molecule has 0 aliphatic heterocycles. The Labute approximate surface area is 515 Å². The first-order valence-electron chi connectivity index (χ1n) is 35.5. The molecule has 9 nitrogen and oxygen atoms in total. The third-order valence-corrected chi connectivity index (χ3v) is 16.8. The van der Waals surface area contributed by atoms with Gasteiger partial charge in [-0.15, -0.1) is 0 Å². The van der Waals surface area contributed by atoms with Crippen molar-refractivity contribution in [2.24, 2.45) is 0 Å². The van der Waals surface area contributed by atoms with Gasteiger partial charge in [-0.3, -0.25) is 14.2 Å². The molecule has 0 aromatic heterocycles. The standard InChI is InChI=1S/C73H136NO8P/c1-6-8-10-12-14-16-18-20-22-24-26-28-30-32-33-34-35-36-37-38-39-40-42-43-45-47-49-51-53-55-57-59-61-63-65-72(75)79-69-71(70-81-83(77,78)80-68-67-74(3,4)5)82-73(76)66-64-62-60-58-56-54-52-50-48-46-44-41-31-29-27-25-23-21-19-17-15-13-11-9-7-2/h9,11,15,17,21,23,27,29,41,44,71H,6-8,10,12-14,16,18-20,22,24-26,28,30-40,42-43,45-70H2,1-5H3/b11-9-,17-15-,23-21-,29-27-,44-41-. The van der Waals surface area contributed by atoms with Crippen LogP contribution in [0.2, 0.25) is 0 Å². The van der Waals surface area contributed by atoms with Crippen molar-refractivity contribution in [3.8, 4) is 0 Å². The lowest BCUT2D eigenvalue weighted by molar-refractivity contribution is -0.870. The van der Waals surface area contributed by atoms with Crippen LogP contribution in [-0.4, -0.2) is 70.0 Å². The van der Waals surface area contributed by atoms with Crippen molar-refractivity contribution in [1.29, 1.82) is 0 Å². The van der Waals surface area contributed by atoms with Gasteiger partial charge < -0.3 is 27.9 Å². The number of nitrogens with zero attached hydrogens (tertiary/aromatic N) is 1. The van der Waals surface area contributed by atoms with Crippen LogP contribution in [0.25, 0.3) is 0 Å². The minimum Gasteiger partial charge on any atom is -0.756 e. The Bertz CT molecular complexity index is 1580. The van der Waals surface area contributed by atoms with E-state index < -0.39 is 26.5 Å². The first kappa shape index (κ1) is 80.7. The summed E-state index contributed by atoms with van der Waals surface area (Å²) in [7, 11) is 1.17. The van der Waals surface area contributed by atoms with Crippen LogP contribution < -0.4 is 4.89 Å². The van der Waals surface area contributed by atoms with Crippen LogP contribution in [0.4, 0.5) is 0 Å². The lowest BCUT2D eigenvalue weighted by Crippen LogP contribution is -2.37. The van der Waals surface area contributed by atoms with Crippen molar-refractivity contribution in [3.05, 3.63) is 60.8 Å². The van der Waals surface area contributed by atoms with Gasteiger partial charge in [0.25, 0.3) is 7.82 Å². The molecular formula is C73H136NO8P. The molecule has 2 unspecified atom stereocenters. The monoisotopic (exact) mass is 1190 g/mol. The van der Waals surface area contributed by atoms with E-state index in [2.05, 4.69) is 74.6 Å². The summed E-state index contributed by atoms with van der Waals surface area (Å²) in [6, 6.07) is 0. The van der Waals surface area contributed by atoms with Gasteiger partial charge in [0, 0.05) is 12.8 Å². The van der Waals surface area contributed by atoms with E-state index in [1.54, 1.807) is 0 Å². The predicted octanol–water partition coefficient (Wildman–Crippen LogP) is 22.4. The Kier molecular flexibility index (Phi) is 62.4. The highest BCUT2D eigenvalue weighted by Crippen LogP contribution is 2.38. The fourth-order valence-electron chi connectivity index (χ4n) is 10.4. The molecule has 0 fully saturated rings. The van der Waals surface area contributed by atoms with Gasteiger partial charge >= 0.3 is 11.9 Å². The number of phosphoric acid groups is 1. The quantitative estimate of drug-likeness (QED) is 0.0195. The van der Waals surface area contributed by atoms with Gasteiger partial charge in [-0.25, -0.2) is 0 Å². The van der Waals surface area contributed by atoms with Gasteiger partial charge in [0.2, 0.25) is 0 Å². The van der Waals surface area contributed by atoms with Gasteiger partial charge in [-0.1, -0.05) is 331 Å². The topological polar surface area (TPSA) is 111 Å². The number of quaternary nitrogens is 1. The van der Waals surface area contributed by atoms with E-state index in [-0.39, 0.29) is 32.0 Å². The maximum atomic E-state index is 12.9. The zero-order valence-corrected chi connectivity index (χ0v) is 56.3. The summed E-state index contributed by atoms with van der Waals surface area (Å²) in [6.07, 6.45) is 84.6. The summed E-state index contributed by atoms with van der Waals surface area (Å²) in [5.41, 5.74) is 0. The van der Waals surface area contributed by atoms with Crippen LogP contribution >= 0.6 is 7.82 Å². The normalized spacial score (nSPS) is 13.5. The summed E-state index contributed by atoms with van der Waals surface area (Å²) in [5.74, 6) is -0.827. The molecule has 0 aliphatic carbocycles. The minimum absolute atomic E-state index is 0.0325. The smallest absolute Gasteiger partial charge is 0.306 e. The Balaban J connectivity index is 3.98. The molecule has 0 saturated carbocycles. The molecule has 0 bridgehead atoms.